The topological polar surface area (TPSA) is 73.2 Å². The van der Waals surface area contributed by atoms with E-state index in [1.54, 1.807) is 0 Å². The number of methoxy groups -OCH3 is 1. The van der Waals surface area contributed by atoms with E-state index in [2.05, 4.69) is 37.0 Å². The molecule has 1 aromatic heterocycles. The molecule has 108 valence electrons. The van der Waals surface area contributed by atoms with Gasteiger partial charge in [0, 0.05) is 0 Å². The fourth-order valence-electron chi connectivity index (χ4n) is 1.54. The number of terminal acetylenes is 1. The zero-order chi connectivity index (χ0) is 15.1. The zero-order valence-corrected chi connectivity index (χ0v) is 12.9. The van der Waals surface area contributed by atoms with Gasteiger partial charge in [0.25, 0.3) is 5.56 Å². The first-order valence-corrected chi connectivity index (χ1v) is 6.87. The van der Waals surface area contributed by atoms with Gasteiger partial charge in [-0.1, -0.05) is 19.3 Å². The Kier molecular flexibility index (Phi) is 6.25. The summed E-state index contributed by atoms with van der Waals surface area (Å²) in [6.45, 7) is 1.79. The van der Waals surface area contributed by atoms with Gasteiger partial charge in [-0.15, -0.1) is 6.42 Å². The molecule has 0 radical (unpaired) electrons. The predicted molar refractivity (Wildman–Crippen MR) is 79.4 cm³/mol. The van der Waals surface area contributed by atoms with Crippen LogP contribution >= 0.6 is 15.9 Å². The Morgan fingerprint density at radius 1 is 1.70 bits per heavy atom. The molecule has 6 nitrogen and oxygen atoms in total. The number of aromatic nitrogens is 2. The standard InChI is InChI=1S/C13H16BrN3O3/c1-4-6-9(5-2)16-10-7-15-17(8-11(18)20-3)13(19)12(10)14/h2,7,9,16H,4,6,8H2,1,3H3. The highest BCUT2D eigenvalue weighted by atomic mass is 79.9. The van der Waals surface area contributed by atoms with E-state index in [1.165, 1.54) is 13.3 Å². The van der Waals surface area contributed by atoms with Crippen LogP contribution in [0.1, 0.15) is 19.8 Å². The van der Waals surface area contributed by atoms with Crippen molar-refractivity contribution >= 4 is 27.6 Å². The van der Waals surface area contributed by atoms with Gasteiger partial charge in [-0.05, 0) is 22.4 Å². The van der Waals surface area contributed by atoms with Crippen molar-refractivity contribution in [2.45, 2.75) is 32.4 Å². The van der Waals surface area contributed by atoms with Crippen LogP contribution in [-0.4, -0.2) is 28.9 Å². The van der Waals surface area contributed by atoms with Crippen molar-refractivity contribution in [3.63, 3.8) is 0 Å². The van der Waals surface area contributed by atoms with Crippen molar-refractivity contribution in [3.05, 3.63) is 21.0 Å². The highest BCUT2D eigenvalue weighted by molar-refractivity contribution is 9.10. The summed E-state index contributed by atoms with van der Waals surface area (Å²) in [5.41, 5.74) is 0.0835. The first-order chi connectivity index (χ1) is 9.53. The van der Waals surface area contributed by atoms with Gasteiger partial charge in [0.15, 0.2) is 0 Å². The lowest BCUT2D eigenvalue weighted by Crippen LogP contribution is -2.29. The molecule has 1 heterocycles. The fourth-order valence-corrected chi connectivity index (χ4v) is 1.96. The van der Waals surface area contributed by atoms with Crippen LogP contribution in [0.3, 0.4) is 0 Å². The van der Waals surface area contributed by atoms with Crippen LogP contribution in [0.15, 0.2) is 15.5 Å². The number of halogens is 1. The average molecular weight is 342 g/mol. The van der Waals surface area contributed by atoms with Crippen LogP contribution < -0.4 is 10.9 Å². The van der Waals surface area contributed by atoms with Crippen molar-refractivity contribution in [1.82, 2.24) is 9.78 Å². The molecule has 0 aromatic carbocycles. The van der Waals surface area contributed by atoms with E-state index in [0.29, 0.717) is 5.69 Å². The summed E-state index contributed by atoms with van der Waals surface area (Å²) in [5, 5.41) is 6.97. The van der Waals surface area contributed by atoms with E-state index in [0.717, 1.165) is 17.5 Å². The van der Waals surface area contributed by atoms with Crippen LogP contribution in [0.2, 0.25) is 0 Å². The van der Waals surface area contributed by atoms with Crippen molar-refractivity contribution in [3.8, 4) is 12.3 Å². The van der Waals surface area contributed by atoms with Crippen molar-refractivity contribution < 1.29 is 9.53 Å². The molecule has 1 N–H and O–H groups in total. The van der Waals surface area contributed by atoms with Gasteiger partial charge >= 0.3 is 5.97 Å². The SMILES string of the molecule is C#CC(CCC)Nc1cnn(CC(=O)OC)c(=O)c1Br. The second-order valence-corrected chi connectivity index (χ2v) is 4.86. The van der Waals surface area contributed by atoms with E-state index in [-0.39, 0.29) is 17.1 Å². The number of rotatable bonds is 6. The highest BCUT2D eigenvalue weighted by Gasteiger charge is 2.13. The minimum Gasteiger partial charge on any atom is -0.468 e. The number of ether oxygens (including phenoxy) is 1. The summed E-state index contributed by atoms with van der Waals surface area (Å²) in [5.74, 6) is 2.07. The van der Waals surface area contributed by atoms with E-state index >= 15 is 0 Å². The van der Waals surface area contributed by atoms with E-state index < -0.39 is 11.5 Å². The molecule has 7 heteroatoms. The molecule has 0 saturated carbocycles. The zero-order valence-electron chi connectivity index (χ0n) is 11.4. The normalized spacial score (nSPS) is 11.5. The smallest absolute Gasteiger partial charge is 0.327 e. The number of esters is 1. The summed E-state index contributed by atoms with van der Waals surface area (Å²) in [6.07, 6.45) is 8.58. The Labute approximate surface area is 125 Å². The van der Waals surface area contributed by atoms with E-state index in [1.807, 2.05) is 6.92 Å². The molecule has 0 bridgehead atoms. The lowest BCUT2D eigenvalue weighted by atomic mass is 10.2. The first kappa shape index (κ1) is 16.2. The van der Waals surface area contributed by atoms with Crippen LogP contribution in [0, 0.1) is 12.3 Å². The molecule has 0 aliphatic carbocycles. The highest BCUT2D eigenvalue weighted by Crippen LogP contribution is 2.18. The number of hydrogen-bond acceptors (Lipinski definition) is 5. The van der Waals surface area contributed by atoms with Crippen LogP contribution in [0.5, 0.6) is 0 Å². The number of carbonyl (C=O) groups is 1. The van der Waals surface area contributed by atoms with Crippen molar-refractivity contribution in [2.24, 2.45) is 0 Å². The molecule has 1 rings (SSSR count). The van der Waals surface area contributed by atoms with Gasteiger partial charge in [0.05, 0.1) is 25.0 Å². The second-order valence-electron chi connectivity index (χ2n) is 4.06. The summed E-state index contributed by atoms with van der Waals surface area (Å²) in [6, 6.07) is -0.172. The van der Waals surface area contributed by atoms with Gasteiger partial charge < -0.3 is 10.1 Å². The summed E-state index contributed by atoms with van der Waals surface area (Å²) >= 11 is 3.20. The minimum atomic E-state index is -0.542. The Morgan fingerprint density at radius 3 is 2.95 bits per heavy atom. The summed E-state index contributed by atoms with van der Waals surface area (Å²) in [4.78, 5) is 23.2. The van der Waals surface area contributed by atoms with E-state index in [4.69, 9.17) is 6.42 Å². The lowest BCUT2D eigenvalue weighted by Gasteiger charge is -2.15. The molecule has 1 aromatic rings. The second kappa shape index (κ2) is 7.70. The lowest BCUT2D eigenvalue weighted by molar-refractivity contribution is -0.141. The third kappa shape index (κ3) is 4.10. The molecule has 1 unspecified atom stereocenters. The summed E-state index contributed by atoms with van der Waals surface area (Å²) in [7, 11) is 1.25. The number of nitrogens with one attached hydrogen (secondary N) is 1. The molecule has 20 heavy (non-hydrogen) atoms. The van der Waals surface area contributed by atoms with Crippen LogP contribution in [-0.2, 0) is 16.1 Å². The Hall–Kier alpha value is -1.81. The van der Waals surface area contributed by atoms with Crippen LogP contribution in [0.4, 0.5) is 5.69 Å². The molecule has 0 fully saturated rings. The predicted octanol–water partition coefficient (Wildman–Crippen LogP) is 1.39. The quantitative estimate of drug-likeness (QED) is 0.625. The van der Waals surface area contributed by atoms with Crippen molar-refractivity contribution in [1.29, 1.82) is 0 Å². The Morgan fingerprint density at radius 2 is 2.40 bits per heavy atom. The van der Waals surface area contributed by atoms with Crippen molar-refractivity contribution in [2.75, 3.05) is 12.4 Å². The monoisotopic (exact) mass is 341 g/mol. The molecule has 0 amide bonds. The van der Waals surface area contributed by atoms with Crippen LogP contribution in [0.25, 0.3) is 0 Å². The molecule has 0 spiro atoms. The Bertz CT molecular complexity index is 577. The molecule has 0 saturated heterocycles. The van der Waals surface area contributed by atoms with Gasteiger partial charge in [-0.3, -0.25) is 9.59 Å². The average Bonchev–Trinajstić information content (AvgIpc) is 2.45. The molecule has 1 atom stereocenters. The van der Waals surface area contributed by atoms with Gasteiger partial charge in [-0.2, -0.15) is 5.10 Å². The molecule has 0 aliphatic rings. The molecular weight excluding hydrogens is 326 g/mol. The maximum atomic E-state index is 12.0. The molecule has 0 aliphatic heterocycles. The third-order valence-corrected chi connectivity index (χ3v) is 3.37. The molecular formula is C13H16BrN3O3. The maximum Gasteiger partial charge on any atom is 0.327 e. The minimum absolute atomic E-state index is 0.172. The number of nitrogens with zero attached hydrogens (tertiary/aromatic N) is 2. The fraction of sp³-hybridized carbons (Fsp3) is 0.462. The van der Waals surface area contributed by atoms with Gasteiger partial charge in [0.1, 0.15) is 11.0 Å². The van der Waals surface area contributed by atoms with Gasteiger partial charge in [0.2, 0.25) is 0 Å². The first-order valence-electron chi connectivity index (χ1n) is 6.08. The number of anilines is 1. The largest absolute Gasteiger partial charge is 0.468 e. The number of carbonyl (C=O) groups excluding carboxylic acids is 1. The number of hydrogen-bond donors (Lipinski definition) is 1. The summed E-state index contributed by atoms with van der Waals surface area (Å²) < 4.78 is 5.80. The van der Waals surface area contributed by atoms with E-state index in [9.17, 15) is 9.59 Å². The third-order valence-electron chi connectivity index (χ3n) is 2.60. The van der Waals surface area contributed by atoms with Gasteiger partial charge in [-0.25, -0.2) is 4.68 Å². The Balaban J connectivity index is 2.97. The maximum absolute atomic E-state index is 12.0.